The van der Waals surface area contributed by atoms with E-state index in [0.717, 1.165) is 27.3 Å². The lowest BCUT2D eigenvalue weighted by Crippen LogP contribution is -2.17. The first-order valence-electron chi connectivity index (χ1n) is 10.1. The third-order valence-electron chi connectivity index (χ3n) is 4.96. The summed E-state index contributed by atoms with van der Waals surface area (Å²) >= 11 is 1.10. The maximum Gasteiger partial charge on any atom is 0.279 e. The normalized spacial score (nSPS) is 12.8. The summed E-state index contributed by atoms with van der Waals surface area (Å²) in [5.41, 5.74) is 2.16. The lowest BCUT2D eigenvalue weighted by Gasteiger charge is -2.12. The Balaban J connectivity index is 1.69. The second kappa shape index (κ2) is 10.1. The van der Waals surface area contributed by atoms with Gasteiger partial charge in [0, 0.05) is 31.9 Å². The van der Waals surface area contributed by atoms with E-state index in [-0.39, 0.29) is 15.1 Å². The van der Waals surface area contributed by atoms with Gasteiger partial charge in [-0.15, -0.1) is 11.3 Å². The molecule has 33 heavy (non-hydrogen) atoms. The smallest absolute Gasteiger partial charge is 0.279 e. The summed E-state index contributed by atoms with van der Waals surface area (Å²) in [7, 11) is -4.10. The molecule has 1 atom stereocenters. The van der Waals surface area contributed by atoms with Crippen LogP contribution >= 0.6 is 11.3 Å². The average molecular weight is 506 g/mol. The zero-order chi connectivity index (χ0) is 23.4. The molecule has 4 aromatic rings. The topological polar surface area (TPSA) is 100 Å². The lowest BCUT2D eigenvalue weighted by atomic mass is 10.2. The SMILES string of the molecule is COCCCOc1ccnc(CS(=O)c2nc3ccccc3n2S(=O)(=O)c2cccs2)c1C. The van der Waals surface area contributed by atoms with Crippen LogP contribution in [0, 0.1) is 6.92 Å². The highest BCUT2D eigenvalue weighted by molar-refractivity contribution is 7.93. The molecule has 174 valence electrons. The van der Waals surface area contributed by atoms with E-state index >= 15 is 0 Å². The van der Waals surface area contributed by atoms with Gasteiger partial charge in [-0.05, 0) is 36.6 Å². The maximum atomic E-state index is 13.5. The van der Waals surface area contributed by atoms with Gasteiger partial charge in [-0.2, -0.15) is 8.42 Å². The first-order chi connectivity index (χ1) is 15.9. The molecular weight excluding hydrogens is 482 g/mol. The van der Waals surface area contributed by atoms with Crippen LogP contribution in [0.15, 0.2) is 63.4 Å². The van der Waals surface area contributed by atoms with Crippen molar-refractivity contribution in [3.63, 3.8) is 0 Å². The first kappa shape index (κ1) is 23.6. The minimum atomic E-state index is -3.96. The molecular formula is C22H23N3O5S3. The largest absolute Gasteiger partial charge is 0.493 e. The minimum Gasteiger partial charge on any atom is -0.493 e. The molecule has 3 heterocycles. The van der Waals surface area contributed by atoms with E-state index in [1.807, 2.05) is 6.92 Å². The quantitative estimate of drug-likeness (QED) is 0.303. The van der Waals surface area contributed by atoms with Crippen molar-refractivity contribution in [2.75, 3.05) is 20.3 Å². The van der Waals surface area contributed by atoms with Gasteiger partial charge in [0.25, 0.3) is 10.0 Å². The number of aromatic nitrogens is 3. The molecule has 4 rings (SSSR count). The van der Waals surface area contributed by atoms with Crippen LogP contribution in [0.25, 0.3) is 11.0 Å². The minimum absolute atomic E-state index is 0.00435. The summed E-state index contributed by atoms with van der Waals surface area (Å²) in [4.78, 5) is 8.78. The average Bonchev–Trinajstić information content (AvgIpc) is 3.48. The van der Waals surface area contributed by atoms with E-state index < -0.39 is 20.8 Å². The molecule has 0 N–H and O–H groups in total. The number of pyridine rings is 1. The van der Waals surface area contributed by atoms with Gasteiger partial charge in [-0.1, -0.05) is 18.2 Å². The van der Waals surface area contributed by atoms with Gasteiger partial charge in [0.05, 0.1) is 39.9 Å². The third kappa shape index (κ3) is 4.86. The zero-order valence-electron chi connectivity index (χ0n) is 18.1. The number of imidazole rings is 1. The van der Waals surface area contributed by atoms with Gasteiger partial charge in [-0.3, -0.25) is 9.19 Å². The Kier molecular flexibility index (Phi) is 7.23. The number of thiophene rings is 1. The molecule has 0 saturated heterocycles. The molecule has 0 fully saturated rings. The van der Waals surface area contributed by atoms with Crippen LogP contribution in [0.3, 0.4) is 0 Å². The van der Waals surface area contributed by atoms with Crippen molar-refractivity contribution < 1.29 is 22.1 Å². The second-order valence-electron chi connectivity index (χ2n) is 7.15. The Bertz CT molecular complexity index is 1380. The summed E-state index contributed by atoms with van der Waals surface area (Å²) in [5, 5.41) is 1.66. The molecule has 1 aromatic carbocycles. The Morgan fingerprint density at radius 3 is 2.70 bits per heavy atom. The van der Waals surface area contributed by atoms with E-state index in [1.54, 1.807) is 55.1 Å². The van der Waals surface area contributed by atoms with Gasteiger partial charge in [0.15, 0.2) is 0 Å². The predicted octanol–water partition coefficient (Wildman–Crippen LogP) is 3.76. The Labute approximate surface area is 198 Å². The summed E-state index contributed by atoms with van der Waals surface area (Å²) in [5.74, 6) is 0.650. The van der Waals surface area contributed by atoms with Crippen molar-refractivity contribution in [3.8, 4) is 5.75 Å². The molecule has 3 aromatic heterocycles. The Hall–Kier alpha value is -2.60. The standard InChI is InChI=1S/C22H23N3O5S3/c1-16-18(23-11-10-20(16)30-13-6-12-29-2)15-32(26)22-24-17-7-3-4-8-19(17)25(22)33(27,28)21-9-5-14-31-21/h3-5,7-11,14H,6,12-13,15H2,1-2H3. The highest BCUT2D eigenvalue weighted by Gasteiger charge is 2.28. The molecule has 0 aliphatic rings. The molecule has 8 nitrogen and oxygen atoms in total. The summed E-state index contributed by atoms with van der Waals surface area (Å²) in [6.45, 7) is 2.92. The number of methoxy groups -OCH3 is 1. The van der Waals surface area contributed by atoms with Crippen LogP contribution in [0.2, 0.25) is 0 Å². The number of nitrogens with zero attached hydrogens (tertiary/aromatic N) is 3. The van der Waals surface area contributed by atoms with E-state index in [1.165, 1.54) is 6.07 Å². The van der Waals surface area contributed by atoms with Crippen molar-refractivity contribution >= 4 is 43.2 Å². The Morgan fingerprint density at radius 2 is 1.94 bits per heavy atom. The third-order valence-corrected chi connectivity index (χ3v) is 9.37. The van der Waals surface area contributed by atoms with Gasteiger partial charge < -0.3 is 9.47 Å². The molecule has 0 aliphatic carbocycles. The zero-order valence-corrected chi connectivity index (χ0v) is 20.6. The number of hydrogen-bond acceptors (Lipinski definition) is 8. The summed E-state index contributed by atoms with van der Waals surface area (Å²) < 4.78 is 52.3. The molecule has 0 amide bonds. The van der Waals surface area contributed by atoms with Gasteiger partial charge in [0.2, 0.25) is 5.16 Å². The van der Waals surface area contributed by atoms with Crippen LogP contribution < -0.4 is 4.74 Å². The number of para-hydroxylation sites is 2. The van der Waals surface area contributed by atoms with Crippen molar-refractivity contribution in [3.05, 3.63) is 65.3 Å². The molecule has 11 heteroatoms. The predicted molar refractivity (Wildman–Crippen MR) is 128 cm³/mol. The fourth-order valence-electron chi connectivity index (χ4n) is 3.29. The maximum absolute atomic E-state index is 13.5. The molecule has 0 radical (unpaired) electrons. The number of fused-ring (bicyclic) bond motifs is 1. The van der Waals surface area contributed by atoms with Crippen LogP contribution in [0.4, 0.5) is 0 Å². The van der Waals surface area contributed by atoms with Crippen LogP contribution in [-0.2, 0) is 31.3 Å². The number of ether oxygens (including phenoxy) is 2. The molecule has 1 unspecified atom stereocenters. The van der Waals surface area contributed by atoms with Gasteiger partial charge in [-0.25, -0.2) is 8.96 Å². The van der Waals surface area contributed by atoms with E-state index in [2.05, 4.69) is 9.97 Å². The van der Waals surface area contributed by atoms with Crippen molar-refractivity contribution in [1.29, 1.82) is 0 Å². The van der Waals surface area contributed by atoms with Crippen molar-refractivity contribution in [2.24, 2.45) is 0 Å². The van der Waals surface area contributed by atoms with Gasteiger partial charge in [0.1, 0.15) is 9.96 Å². The molecule has 0 aliphatic heterocycles. The fourth-order valence-corrected chi connectivity index (χ4v) is 7.40. The summed E-state index contributed by atoms with van der Waals surface area (Å²) in [6, 6.07) is 11.8. The number of hydrogen-bond donors (Lipinski definition) is 0. The Morgan fingerprint density at radius 1 is 1.12 bits per heavy atom. The highest BCUT2D eigenvalue weighted by Crippen LogP contribution is 2.29. The van der Waals surface area contributed by atoms with Crippen LogP contribution in [0.1, 0.15) is 17.7 Å². The number of rotatable bonds is 10. The fraction of sp³-hybridized carbons (Fsp3) is 0.273. The summed E-state index contributed by atoms with van der Waals surface area (Å²) in [6.07, 6.45) is 2.33. The van der Waals surface area contributed by atoms with E-state index in [0.29, 0.717) is 35.7 Å². The second-order valence-corrected chi connectivity index (χ2v) is 11.5. The highest BCUT2D eigenvalue weighted by atomic mass is 32.2. The molecule has 0 saturated carbocycles. The molecule has 0 spiro atoms. The van der Waals surface area contributed by atoms with Crippen molar-refractivity contribution in [1.82, 2.24) is 13.9 Å². The van der Waals surface area contributed by atoms with E-state index in [4.69, 9.17) is 9.47 Å². The monoisotopic (exact) mass is 505 g/mol. The van der Waals surface area contributed by atoms with Gasteiger partial charge >= 0.3 is 0 Å². The lowest BCUT2D eigenvalue weighted by molar-refractivity contribution is 0.172. The van der Waals surface area contributed by atoms with E-state index in [9.17, 15) is 12.6 Å². The number of benzene rings is 1. The first-order valence-corrected chi connectivity index (χ1v) is 13.8. The van der Waals surface area contributed by atoms with Crippen molar-refractivity contribution in [2.45, 2.75) is 28.5 Å². The molecule has 0 bridgehead atoms. The van der Waals surface area contributed by atoms with Crippen LogP contribution in [0.5, 0.6) is 5.75 Å². The van der Waals surface area contributed by atoms with Crippen LogP contribution in [-0.4, -0.2) is 46.9 Å².